The molecule has 1 fully saturated rings. The molecule has 2 N–H and O–H groups in total. The van der Waals surface area contributed by atoms with Crippen LogP contribution in [-0.2, 0) is 10.2 Å². The minimum atomic E-state index is -0.792. The average molecular weight is 350 g/mol. The number of nitrogens with one attached hydrogen (secondary N) is 1. The van der Waals surface area contributed by atoms with Crippen molar-refractivity contribution >= 4 is 33.5 Å². The smallest absolute Gasteiger partial charge is 0.314 e. The van der Waals surface area contributed by atoms with Gasteiger partial charge in [0.25, 0.3) is 5.91 Å². The fraction of sp³-hybridized carbons (Fsp3) is 0.200. The maximum atomic E-state index is 11.9. The van der Waals surface area contributed by atoms with E-state index in [0.717, 1.165) is 5.56 Å². The second kappa shape index (κ2) is 5.04. The van der Waals surface area contributed by atoms with Crippen molar-refractivity contribution in [1.29, 1.82) is 0 Å². The number of amides is 1. The van der Waals surface area contributed by atoms with Gasteiger partial charge in [0.2, 0.25) is 0 Å². The molecule has 1 aliphatic rings. The number of furan rings is 1. The highest BCUT2D eigenvalue weighted by molar-refractivity contribution is 9.10. The zero-order valence-corrected chi connectivity index (χ0v) is 12.5. The van der Waals surface area contributed by atoms with E-state index >= 15 is 0 Å². The molecule has 3 rings (SSSR count). The highest BCUT2D eigenvalue weighted by Gasteiger charge is 2.51. The van der Waals surface area contributed by atoms with Crippen LogP contribution in [0.25, 0.3) is 0 Å². The molecule has 0 aliphatic heterocycles. The van der Waals surface area contributed by atoms with Gasteiger partial charge in [0.15, 0.2) is 10.4 Å². The van der Waals surface area contributed by atoms with E-state index in [0.29, 0.717) is 23.2 Å². The number of hydrogen-bond donors (Lipinski definition) is 2. The summed E-state index contributed by atoms with van der Waals surface area (Å²) < 4.78 is 5.65. The van der Waals surface area contributed by atoms with E-state index in [4.69, 9.17) is 4.42 Å². The molecule has 108 valence electrons. The quantitative estimate of drug-likeness (QED) is 0.886. The molecule has 1 amide bonds. The Morgan fingerprint density at radius 1 is 1.14 bits per heavy atom. The Kier molecular flexibility index (Phi) is 3.33. The molecular weight excluding hydrogens is 338 g/mol. The van der Waals surface area contributed by atoms with Gasteiger partial charge >= 0.3 is 5.97 Å². The molecule has 21 heavy (non-hydrogen) atoms. The van der Waals surface area contributed by atoms with Crippen molar-refractivity contribution < 1.29 is 19.1 Å². The summed E-state index contributed by atoms with van der Waals surface area (Å²) in [5.41, 5.74) is 0.639. The van der Waals surface area contributed by atoms with Crippen molar-refractivity contribution in [2.24, 2.45) is 0 Å². The lowest BCUT2D eigenvalue weighted by molar-refractivity contribution is -0.140. The van der Waals surface area contributed by atoms with Crippen LogP contribution in [0.3, 0.4) is 0 Å². The number of carbonyl (C=O) groups excluding carboxylic acids is 1. The Hall–Kier alpha value is -2.08. The van der Waals surface area contributed by atoms with Crippen molar-refractivity contribution in [3.8, 4) is 0 Å². The van der Waals surface area contributed by atoms with Crippen LogP contribution in [0.1, 0.15) is 29.0 Å². The number of benzene rings is 1. The minimum Gasteiger partial charge on any atom is -0.481 e. The van der Waals surface area contributed by atoms with Gasteiger partial charge in [0, 0.05) is 5.69 Å². The van der Waals surface area contributed by atoms with E-state index in [2.05, 4.69) is 21.2 Å². The molecule has 1 aromatic carbocycles. The highest BCUT2D eigenvalue weighted by atomic mass is 79.9. The standard InChI is InChI=1S/C15H12BrNO4/c16-12-6-5-11(21-12)13(18)17-10-3-1-9(2-4-10)15(7-8-15)14(19)20/h1-6H,7-8H2,(H,17,18)(H,19,20). The van der Waals surface area contributed by atoms with E-state index in [1.54, 1.807) is 36.4 Å². The Bertz CT molecular complexity index is 701. The summed E-state index contributed by atoms with van der Waals surface area (Å²) in [6, 6.07) is 10.1. The molecular formula is C15H12BrNO4. The zero-order chi connectivity index (χ0) is 15.0. The molecule has 1 heterocycles. The van der Waals surface area contributed by atoms with Crippen LogP contribution in [0.4, 0.5) is 5.69 Å². The Morgan fingerprint density at radius 2 is 1.81 bits per heavy atom. The predicted molar refractivity (Wildman–Crippen MR) is 79.4 cm³/mol. The molecule has 0 bridgehead atoms. The van der Waals surface area contributed by atoms with Crippen LogP contribution in [0.5, 0.6) is 0 Å². The van der Waals surface area contributed by atoms with E-state index in [1.807, 2.05) is 0 Å². The maximum Gasteiger partial charge on any atom is 0.314 e. The van der Waals surface area contributed by atoms with Crippen molar-refractivity contribution in [3.63, 3.8) is 0 Å². The van der Waals surface area contributed by atoms with Gasteiger partial charge < -0.3 is 14.8 Å². The lowest BCUT2D eigenvalue weighted by atomic mass is 9.96. The third-order valence-corrected chi connectivity index (χ3v) is 4.08. The van der Waals surface area contributed by atoms with Gasteiger partial charge in [-0.3, -0.25) is 9.59 Å². The molecule has 6 heteroatoms. The first-order valence-corrected chi connectivity index (χ1v) is 7.21. The number of carboxylic acids is 1. The minimum absolute atomic E-state index is 0.204. The van der Waals surface area contributed by atoms with Gasteiger partial charge in [-0.15, -0.1) is 0 Å². The lowest BCUT2D eigenvalue weighted by Gasteiger charge is -2.11. The lowest BCUT2D eigenvalue weighted by Crippen LogP contribution is -2.19. The third kappa shape index (κ3) is 2.58. The summed E-state index contributed by atoms with van der Waals surface area (Å²) in [7, 11) is 0. The van der Waals surface area contributed by atoms with Gasteiger partial charge in [-0.2, -0.15) is 0 Å². The monoisotopic (exact) mass is 349 g/mol. The van der Waals surface area contributed by atoms with E-state index < -0.39 is 11.4 Å². The van der Waals surface area contributed by atoms with Crippen molar-refractivity contribution in [2.45, 2.75) is 18.3 Å². The van der Waals surface area contributed by atoms with Crippen LogP contribution in [-0.4, -0.2) is 17.0 Å². The van der Waals surface area contributed by atoms with E-state index in [9.17, 15) is 14.7 Å². The second-order valence-corrected chi connectivity index (χ2v) is 5.80. The van der Waals surface area contributed by atoms with Crippen LogP contribution in [0.15, 0.2) is 45.5 Å². The van der Waals surface area contributed by atoms with Gasteiger partial charge in [-0.25, -0.2) is 0 Å². The van der Waals surface area contributed by atoms with Crippen LogP contribution in [0.2, 0.25) is 0 Å². The summed E-state index contributed by atoms with van der Waals surface area (Å²) in [5, 5.41) is 11.9. The van der Waals surface area contributed by atoms with Gasteiger partial charge in [0.05, 0.1) is 5.41 Å². The number of rotatable bonds is 4. The molecule has 1 aromatic heterocycles. The number of carbonyl (C=O) groups is 2. The van der Waals surface area contributed by atoms with Gasteiger partial charge in [-0.05, 0) is 58.6 Å². The number of carboxylic acid groups (broad SMARTS) is 1. The highest BCUT2D eigenvalue weighted by Crippen LogP contribution is 2.48. The van der Waals surface area contributed by atoms with Gasteiger partial charge in [-0.1, -0.05) is 12.1 Å². The summed E-state index contributed by atoms with van der Waals surface area (Å²) in [5.74, 6) is -0.942. The maximum absolute atomic E-state index is 11.9. The second-order valence-electron chi connectivity index (χ2n) is 5.02. The summed E-state index contributed by atoms with van der Waals surface area (Å²) in [6.45, 7) is 0. The normalized spacial score (nSPS) is 15.5. The average Bonchev–Trinajstić information content (AvgIpc) is 3.16. The molecule has 2 aromatic rings. The third-order valence-electron chi connectivity index (χ3n) is 3.65. The predicted octanol–water partition coefficient (Wildman–Crippen LogP) is 3.41. The first-order chi connectivity index (χ1) is 10.0. The molecule has 0 atom stereocenters. The Balaban J connectivity index is 1.73. The number of hydrogen-bond acceptors (Lipinski definition) is 3. The van der Waals surface area contributed by atoms with E-state index in [1.165, 1.54) is 0 Å². The fourth-order valence-electron chi connectivity index (χ4n) is 2.25. The Labute approximate surface area is 129 Å². The molecule has 0 unspecified atom stereocenters. The number of anilines is 1. The molecule has 5 nitrogen and oxygen atoms in total. The van der Waals surface area contributed by atoms with Crippen molar-refractivity contribution in [1.82, 2.24) is 0 Å². The molecule has 0 spiro atoms. The van der Waals surface area contributed by atoms with Gasteiger partial charge in [0.1, 0.15) is 0 Å². The molecule has 0 saturated heterocycles. The van der Waals surface area contributed by atoms with Crippen molar-refractivity contribution in [2.75, 3.05) is 5.32 Å². The van der Waals surface area contributed by atoms with Crippen LogP contribution in [0, 0.1) is 0 Å². The first-order valence-electron chi connectivity index (χ1n) is 6.42. The largest absolute Gasteiger partial charge is 0.481 e. The molecule has 0 radical (unpaired) electrons. The molecule has 1 aliphatic carbocycles. The van der Waals surface area contributed by atoms with Crippen LogP contribution >= 0.6 is 15.9 Å². The summed E-state index contributed by atoms with van der Waals surface area (Å²) >= 11 is 3.14. The fourth-order valence-corrected chi connectivity index (χ4v) is 2.56. The SMILES string of the molecule is O=C(Nc1ccc(C2(C(=O)O)CC2)cc1)c1ccc(Br)o1. The van der Waals surface area contributed by atoms with E-state index in [-0.39, 0.29) is 11.7 Å². The summed E-state index contributed by atoms with van der Waals surface area (Å²) in [4.78, 5) is 23.2. The first kappa shape index (κ1) is 13.9. The Morgan fingerprint density at radius 3 is 2.29 bits per heavy atom. The van der Waals surface area contributed by atoms with Crippen molar-refractivity contribution in [3.05, 3.63) is 52.4 Å². The number of aliphatic carboxylic acids is 1. The molecule has 1 saturated carbocycles. The topological polar surface area (TPSA) is 79.5 Å². The summed E-state index contributed by atoms with van der Waals surface area (Å²) in [6.07, 6.45) is 1.32. The number of halogens is 1. The zero-order valence-electron chi connectivity index (χ0n) is 10.9. The van der Waals surface area contributed by atoms with Crippen LogP contribution < -0.4 is 5.32 Å².